The number of hydrogen-bond acceptors (Lipinski definition) is 4. The molecule has 0 aliphatic rings. The van der Waals surface area contributed by atoms with Crippen LogP contribution in [0.3, 0.4) is 0 Å². The maximum absolute atomic E-state index is 12.7. The number of ketones is 1. The highest BCUT2D eigenvalue weighted by Gasteiger charge is 2.24. The number of aromatic amines is 1. The van der Waals surface area contributed by atoms with Crippen LogP contribution in [0.15, 0.2) is 48.5 Å². The number of nitrogens with one attached hydrogen (secondary N) is 1. The van der Waals surface area contributed by atoms with Crippen LogP contribution >= 0.6 is 0 Å². The van der Waals surface area contributed by atoms with Crippen LogP contribution in [0.25, 0.3) is 10.9 Å². The van der Waals surface area contributed by atoms with E-state index in [1.807, 2.05) is 31.2 Å². The predicted octanol–water partition coefficient (Wildman–Crippen LogP) is 3.61. The first kappa shape index (κ1) is 15.8. The minimum atomic E-state index is -0.933. The zero-order valence-electron chi connectivity index (χ0n) is 13.4. The number of ether oxygens (including phenoxy) is 1. The third-order valence-electron chi connectivity index (χ3n) is 3.87. The molecule has 0 spiro atoms. The zero-order chi connectivity index (χ0) is 17.3. The first-order chi connectivity index (χ1) is 11.5. The molecule has 0 aliphatic carbocycles. The Labute approximate surface area is 138 Å². The number of fused-ring (bicyclic) bond motifs is 1. The molecule has 0 bridgehead atoms. The van der Waals surface area contributed by atoms with Crippen molar-refractivity contribution in [2.24, 2.45) is 0 Å². The average Bonchev–Trinajstić information content (AvgIpc) is 2.89. The van der Waals surface area contributed by atoms with Crippen LogP contribution in [0.2, 0.25) is 0 Å². The molecule has 3 aromatic rings. The highest BCUT2D eigenvalue weighted by Crippen LogP contribution is 2.24. The summed E-state index contributed by atoms with van der Waals surface area (Å²) in [5.41, 5.74) is 2.33. The molecule has 122 valence electrons. The van der Waals surface area contributed by atoms with Gasteiger partial charge in [0.05, 0.1) is 5.56 Å². The summed E-state index contributed by atoms with van der Waals surface area (Å²) in [7, 11) is 0. The van der Waals surface area contributed by atoms with Crippen LogP contribution in [-0.4, -0.2) is 27.9 Å². The molecule has 1 heterocycles. The van der Waals surface area contributed by atoms with E-state index in [0.29, 0.717) is 5.56 Å². The molecule has 0 unspecified atom stereocenters. The smallest absolute Gasteiger partial charge is 0.338 e. The largest absolute Gasteiger partial charge is 0.508 e. The summed E-state index contributed by atoms with van der Waals surface area (Å²) < 4.78 is 5.27. The minimum absolute atomic E-state index is 0.0316. The van der Waals surface area contributed by atoms with Gasteiger partial charge in [0, 0.05) is 22.2 Å². The summed E-state index contributed by atoms with van der Waals surface area (Å²) in [4.78, 5) is 28.0. The quantitative estimate of drug-likeness (QED) is 0.568. The monoisotopic (exact) mass is 323 g/mol. The third kappa shape index (κ3) is 2.88. The van der Waals surface area contributed by atoms with Gasteiger partial charge in [0.25, 0.3) is 0 Å². The number of H-pyrrole nitrogens is 1. The Morgan fingerprint density at radius 3 is 2.62 bits per heavy atom. The van der Waals surface area contributed by atoms with E-state index in [2.05, 4.69) is 4.98 Å². The molecule has 24 heavy (non-hydrogen) atoms. The van der Waals surface area contributed by atoms with Gasteiger partial charge in [-0.15, -0.1) is 0 Å². The van der Waals surface area contributed by atoms with E-state index >= 15 is 0 Å². The van der Waals surface area contributed by atoms with Gasteiger partial charge in [0.15, 0.2) is 6.10 Å². The topological polar surface area (TPSA) is 79.4 Å². The van der Waals surface area contributed by atoms with Crippen molar-refractivity contribution in [2.75, 3.05) is 0 Å². The number of benzene rings is 2. The zero-order valence-corrected chi connectivity index (χ0v) is 13.4. The number of esters is 1. The fourth-order valence-corrected chi connectivity index (χ4v) is 2.71. The number of phenols is 1. The molecule has 5 heteroatoms. The molecule has 0 saturated carbocycles. The van der Waals surface area contributed by atoms with Gasteiger partial charge in [-0.2, -0.15) is 0 Å². The summed E-state index contributed by atoms with van der Waals surface area (Å²) in [6.07, 6.45) is -0.933. The molecule has 2 N–H and O–H groups in total. The minimum Gasteiger partial charge on any atom is -0.508 e. The Bertz CT molecular complexity index is 926. The lowest BCUT2D eigenvalue weighted by atomic mass is 10.0. The van der Waals surface area contributed by atoms with Crippen LogP contribution in [0.1, 0.15) is 33.3 Å². The van der Waals surface area contributed by atoms with Gasteiger partial charge in [-0.1, -0.05) is 24.3 Å². The number of aromatic nitrogens is 1. The highest BCUT2D eigenvalue weighted by molar-refractivity contribution is 6.11. The van der Waals surface area contributed by atoms with E-state index in [4.69, 9.17) is 4.74 Å². The van der Waals surface area contributed by atoms with Gasteiger partial charge in [0.1, 0.15) is 5.75 Å². The number of rotatable bonds is 4. The van der Waals surface area contributed by atoms with E-state index in [1.54, 1.807) is 13.0 Å². The molecule has 1 aromatic heterocycles. The van der Waals surface area contributed by atoms with Crippen molar-refractivity contribution >= 4 is 22.7 Å². The van der Waals surface area contributed by atoms with Crippen LogP contribution in [0.5, 0.6) is 5.75 Å². The first-order valence-electron chi connectivity index (χ1n) is 7.59. The molecule has 0 aliphatic heterocycles. The van der Waals surface area contributed by atoms with Gasteiger partial charge in [-0.3, -0.25) is 4.79 Å². The maximum atomic E-state index is 12.7. The lowest BCUT2D eigenvalue weighted by Gasteiger charge is -2.12. The van der Waals surface area contributed by atoms with Crippen molar-refractivity contribution in [3.8, 4) is 5.75 Å². The summed E-state index contributed by atoms with van der Waals surface area (Å²) >= 11 is 0. The van der Waals surface area contributed by atoms with Crippen molar-refractivity contribution in [1.82, 2.24) is 4.98 Å². The molecule has 0 saturated heterocycles. The van der Waals surface area contributed by atoms with Crippen molar-refractivity contribution < 1.29 is 19.4 Å². The first-order valence-corrected chi connectivity index (χ1v) is 7.59. The Balaban J connectivity index is 1.84. The van der Waals surface area contributed by atoms with Gasteiger partial charge >= 0.3 is 5.97 Å². The Kier molecular flexibility index (Phi) is 4.08. The maximum Gasteiger partial charge on any atom is 0.338 e. The lowest BCUT2D eigenvalue weighted by Crippen LogP contribution is -2.24. The second-order valence-electron chi connectivity index (χ2n) is 5.63. The standard InChI is InChI=1S/C19H17NO4/c1-11-17(15-8-3-4-9-16(15)20-11)18(22)12(2)24-19(23)13-6-5-7-14(21)10-13/h3-10,12,20-21H,1-2H3/t12-/m1/s1. The van der Waals surface area contributed by atoms with Crippen LogP contribution in [0, 0.1) is 6.92 Å². The SMILES string of the molecule is Cc1[nH]c2ccccc2c1C(=O)[C@@H](C)OC(=O)c1cccc(O)c1. The number of aryl methyl sites for hydroxylation is 1. The van der Waals surface area contributed by atoms with Gasteiger partial charge in [-0.25, -0.2) is 4.79 Å². The molecule has 3 rings (SSSR count). The number of para-hydroxylation sites is 1. The molecule has 0 amide bonds. The normalized spacial score (nSPS) is 12.1. The predicted molar refractivity (Wildman–Crippen MR) is 90.4 cm³/mol. The molecule has 2 aromatic carbocycles. The van der Waals surface area contributed by atoms with Gasteiger partial charge < -0.3 is 14.8 Å². The molecule has 5 nitrogen and oxygen atoms in total. The Morgan fingerprint density at radius 2 is 1.88 bits per heavy atom. The fourth-order valence-electron chi connectivity index (χ4n) is 2.71. The van der Waals surface area contributed by atoms with E-state index in [-0.39, 0.29) is 17.1 Å². The highest BCUT2D eigenvalue weighted by atomic mass is 16.5. The van der Waals surface area contributed by atoms with E-state index in [0.717, 1.165) is 16.6 Å². The number of Topliss-reactive ketones (excluding diaryl/α,β-unsaturated/α-hetero) is 1. The second-order valence-corrected chi connectivity index (χ2v) is 5.63. The summed E-state index contributed by atoms with van der Waals surface area (Å²) in [6, 6.07) is 13.3. The number of carbonyl (C=O) groups is 2. The fraction of sp³-hybridized carbons (Fsp3) is 0.158. The lowest BCUT2D eigenvalue weighted by molar-refractivity contribution is 0.0319. The molecule has 0 fully saturated rings. The number of hydrogen-bond donors (Lipinski definition) is 2. The third-order valence-corrected chi connectivity index (χ3v) is 3.87. The van der Waals surface area contributed by atoms with Crippen molar-refractivity contribution in [3.05, 3.63) is 65.4 Å². The summed E-state index contributed by atoms with van der Waals surface area (Å²) in [6.45, 7) is 3.36. The molecule has 0 radical (unpaired) electrons. The number of carbonyl (C=O) groups excluding carboxylic acids is 2. The van der Waals surface area contributed by atoms with E-state index < -0.39 is 12.1 Å². The van der Waals surface area contributed by atoms with Crippen LogP contribution in [-0.2, 0) is 4.74 Å². The van der Waals surface area contributed by atoms with Crippen molar-refractivity contribution in [2.45, 2.75) is 20.0 Å². The van der Waals surface area contributed by atoms with Crippen molar-refractivity contribution in [3.63, 3.8) is 0 Å². The van der Waals surface area contributed by atoms with Gasteiger partial charge in [0.2, 0.25) is 5.78 Å². The van der Waals surface area contributed by atoms with Gasteiger partial charge in [-0.05, 0) is 38.1 Å². The summed E-state index contributed by atoms with van der Waals surface area (Å²) in [5, 5.41) is 10.2. The molecule has 1 atom stereocenters. The van der Waals surface area contributed by atoms with Crippen LogP contribution in [0.4, 0.5) is 0 Å². The molecular weight excluding hydrogens is 306 g/mol. The number of phenolic OH excluding ortho intramolecular Hbond substituents is 1. The van der Waals surface area contributed by atoms with Crippen LogP contribution < -0.4 is 0 Å². The van der Waals surface area contributed by atoms with Crippen molar-refractivity contribution in [1.29, 1.82) is 0 Å². The summed E-state index contributed by atoms with van der Waals surface area (Å²) in [5.74, 6) is -0.946. The second kappa shape index (κ2) is 6.20. The number of aromatic hydroxyl groups is 1. The van der Waals surface area contributed by atoms with E-state index in [1.165, 1.54) is 18.2 Å². The Morgan fingerprint density at radius 1 is 1.12 bits per heavy atom. The Hall–Kier alpha value is -3.08. The molecular formula is C19H17NO4. The van der Waals surface area contributed by atoms with E-state index in [9.17, 15) is 14.7 Å². The average molecular weight is 323 g/mol.